The first-order valence-electron chi connectivity index (χ1n) is 10.6. The molecule has 0 radical (unpaired) electrons. The molecule has 150 valence electrons. The average Bonchev–Trinajstić information content (AvgIpc) is 2.74. The van der Waals surface area contributed by atoms with Crippen molar-refractivity contribution in [1.29, 1.82) is 0 Å². The minimum atomic E-state index is 0.529. The molecule has 0 aliphatic heterocycles. The monoisotopic (exact) mass is 397 g/mol. The van der Waals surface area contributed by atoms with E-state index in [0.29, 0.717) is 6.04 Å². The normalized spacial score (nSPS) is 15.4. The summed E-state index contributed by atoms with van der Waals surface area (Å²) < 4.78 is 0. The van der Waals surface area contributed by atoms with Gasteiger partial charge in [0.15, 0.2) is 5.96 Å². The van der Waals surface area contributed by atoms with Gasteiger partial charge in [0.2, 0.25) is 0 Å². The highest BCUT2D eigenvalue weighted by atomic mass is 35.5. The first kappa shape index (κ1) is 20.7. The lowest BCUT2D eigenvalue weighted by Crippen LogP contribution is -2.44. The van der Waals surface area contributed by atoms with Crippen LogP contribution in [0.1, 0.15) is 57.4 Å². The number of halogens is 1. The standard InChI is InChI=1S/C24H32ClN3/c1-2-3-18-26-24(27-22-10-6-4-7-11-22)28(23-12-8-5-9-13-23)19-20-14-16-21(25)17-15-20/h4,6-7,10-11,14-17,23H,2-3,5,8-9,12-13,18-19H2,1H3,(H,26,27). The van der Waals surface area contributed by atoms with E-state index in [1.807, 2.05) is 18.2 Å². The van der Waals surface area contributed by atoms with Gasteiger partial charge in [-0.25, -0.2) is 0 Å². The zero-order valence-electron chi connectivity index (χ0n) is 16.9. The quantitative estimate of drug-likeness (QED) is 0.318. The number of unbranched alkanes of at least 4 members (excludes halogenated alkanes) is 1. The summed E-state index contributed by atoms with van der Waals surface area (Å²) in [5.41, 5.74) is 2.36. The zero-order valence-corrected chi connectivity index (χ0v) is 17.7. The van der Waals surface area contributed by atoms with Gasteiger partial charge in [0.25, 0.3) is 0 Å². The maximum absolute atomic E-state index is 6.10. The summed E-state index contributed by atoms with van der Waals surface area (Å²) in [4.78, 5) is 7.49. The molecule has 1 aliphatic rings. The second-order valence-electron chi connectivity index (χ2n) is 7.60. The third-order valence-corrected chi connectivity index (χ3v) is 5.61. The Balaban J connectivity index is 1.86. The van der Waals surface area contributed by atoms with Crippen LogP contribution >= 0.6 is 11.6 Å². The van der Waals surface area contributed by atoms with E-state index in [0.717, 1.165) is 42.6 Å². The van der Waals surface area contributed by atoms with E-state index in [1.54, 1.807) is 0 Å². The third kappa shape index (κ3) is 6.27. The van der Waals surface area contributed by atoms with Crippen molar-refractivity contribution in [3.63, 3.8) is 0 Å². The lowest BCUT2D eigenvalue weighted by molar-refractivity contribution is 0.236. The van der Waals surface area contributed by atoms with Crippen molar-refractivity contribution in [2.75, 3.05) is 11.9 Å². The topological polar surface area (TPSA) is 27.6 Å². The summed E-state index contributed by atoms with van der Waals surface area (Å²) in [6, 6.07) is 19.1. The number of anilines is 1. The molecule has 0 aromatic heterocycles. The van der Waals surface area contributed by atoms with Gasteiger partial charge in [-0.15, -0.1) is 0 Å². The van der Waals surface area contributed by atoms with E-state index >= 15 is 0 Å². The van der Waals surface area contributed by atoms with Gasteiger partial charge >= 0.3 is 0 Å². The summed E-state index contributed by atoms with van der Waals surface area (Å²) in [5, 5.41) is 4.40. The molecule has 0 unspecified atom stereocenters. The van der Waals surface area contributed by atoms with Crippen molar-refractivity contribution in [1.82, 2.24) is 4.90 Å². The van der Waals surface area contributed by atoms with Gasteiger partial charge < -0.3 is 10.2 Å². The summed E-state index contributed by atoms with van der Waals surface area (Å²) in [6.45, 7) is 3.93. The highest BCUT2D eigenvalue weighted by Gasteiger charge is 2.24. The molecule has 1 N–H and O–H groups in total. The minimum Gasteiger partial charge on any atom is -0.335 e. The van der Waals surface area contributed by atoms with Crippen LogP contribution in [0, 0.1) is 0 Å². The van der Waals surface area contributed by atoms with Crippen LogP contribution in [0.2, 0.25) is 5.02 Å². The van der Waals surface area contributed by atoms with Gasteiger partial charge in [0.1, 0.15) is 0 Å². The lowest BCUT2D eigenvalue weighted by Gasteiger charge is -2.37. The molecule has 3 rings (SSSR count). The van der Waals surface area contributed by atoms with Crippen LogP contribution in [0.3, 0.4) is 0 Å². The minimum absolute atomic E-state index is 0.529. The maximum Gasteiger partial charge on any atom is 0.199 e. The molecule has 0 amide bonds. The second-order valence-corrected chi connectivity index (χ2v) is 8.03. The van der Waals surface area contributed by atoms with E-state index < -0.39 is 0 Å². The number of rotatable bonds is 7. The number of hydrogen-bond acceptors (Lipinski definition) is 1. The predicted octanol–water partition coefficient (Wildman–Crippen LogP) is 6.74. The molecule has 2 aromatic carbocycles. The maximum atomic E-state index is 6.10. The van der Waals surface area contributed by atoms with Crippen LogP contribution in [-0.2, 0) is 6.54 Å². The fourth-order valence-corrected chi connectivity index (χ4v) is 3.88. The molecule has 0 heterocycles. The van der Waals surface area contributed by atoms with Crippen molar-refractivity contribution in [2.24, 2.45) is 4.99 Å². The molecule has 0 bridgehead atoms. The fraction of sp³-hybridized carbons (Fsp3) is 0.458. The highest BCUT2D eigenvalue weighted by molar-refractivity contribution is 6.30. The highest BCUT2D eigenvalue weighted by Crippen LogP contribution is 2.25. The number of aliphatic imine (C=N–C) groups is 1. The van der Waals surface area contributed by atoms with Gasteiger partial charge in [-0.3, -0.25) is 4.99 Å². The number of guanidine groups is 1. The van der Waals surface area contributed by atoms with E-state index in [-0.39, 0.29) is 0 Å². The lowest BCUT2D eigenvalue weighted by atomic mass is 9.94. The largest absolute Gasteiger partial charge is 0.335 e. The SMILES string of the molecule is CCCCN=C(Nc1ccccc1)N(Cc1ccc(Cl)cc1)C1CCCCC1. The Bertz CT molecular complexity index is 721. The number of benzene rings is 2. The van der Waals surface area contributed by atoms with Crippen LogP contribution in [-0.4, -0.2) is 23.4 Å². The summed E-state index contributed by atoms with van der Waals surface area (Å²) in [7, 11) is 0. The smallest absolute Gasteiger partial charge is 0.199 e. The Morgan fingerprint density at radius 3 is 2.43 bits per heavy atom. The van der Waals surface area contributed by atoms with Crippen molar-refractivity contribution >= 4 is 23.2 Å². The molecule has 0 saturated heterocycles. The van der Waals surface area contributed by atoms with Crippen LogP contribution in [0.4, 0.5) is 5.69 Å². The van der Waals surface area contributed by atoms with Gasteiger partial charge in [-0.2, -0.15) is 0 Å². The van der Waals surface area contributed by atoms with E-state index in [2.05, 4.69) is 53.5 Å². The van der Waals surface area contributed by atoms with E-state index in [1.165, 1.54) is 37.7 Å². The molecule has 0 atom stereocenters. The van der Waals surface area contributed by atoms with Crippen LogP contribution < -0.4 is 5.32 Å². The first-order chi connectivity index (χ1) is 13.8. The molecule has 1 fully saturated rings. The Morgan fingerprint density at radius 2 is 1.75 bits per heavy atom. The van der Waals surface area contributed by atoms with Gasteiger partial charge in [0.05, 0.1) is 0 Å². The summed E-state index contributed by atoms with van der Waals surface area (Å²) in [5.74, 6) is 1.00. The second kappa shape index (κ2) is 11.1. The number of para-hydroxylation sites is 1. The molecule has 4 heteroatoms. The molecule has 2 aromatic rings. The Labute approximate surface area is 174 Å². The summed E-state index contributed by atoms with van der Waals surface area (Å²) in [6.07, 6.45) is 8.68. The number of nitrogens with one attached hydrogen (secondary N) is 1. The molecular weight excluding hydrogens is 366 g/mol. The molecule has 1 saturated carbocycles. The number of hydrogen-bond donors (Lipinski definition) is 1. The molecular formula is C24H32ClN3. The fourth-order valence-electron chi connectivity index (χ4n) is 3.75. The van der Waals surface area contributed by atoms with E-state index in [9.17, 15) is 0 Å². The third-order valence-electron chi connectivity index (χ3n) is 5.36. The zero-order chi connectivity index (χ0) is 19.6. The van der Waals surface area contributed by atoms with Crippen molar-refractivity contribution in [3.8, 4) is 0 Å². The Morgan fingerprint density at radius 1 is 1.04 bits per heavy atom. The molecule has 28 heavy (non-hydrogen) atoms. The van der Waals surface area contributed by atoms with Gasteiger partial charge in [-0.1, -0.05) is 74.5 Å². The molecule has 1 aliphatic carbocycles. The van der Waals surface area contributed by atoms with Gasteiger partial charge in [0, 0.05) is 29.8 Å². The van der Waals surface area contributed by atoms with Crippen LogP contribution in [0.15, 0.2) is 59.6 Å². The van der Waals surface area contributed by atoms with E-state index in [4.69, 9.17) is 16.6 Å². The first-order valence-corrected chi connectivity index (χ1v) is 11.0. The van der Waals surface area contributed by atoms with Crippen LogP contribution in [0.5, 0.6) is 0 Å². The molecule has 0 spiro atoms. The average molecular weight is 398 g/mol. The van der Waals surface area contributed by atoms with Crippen molar-refractivity contribution in [3.05, 3.63) is 65.2 Å². The predicted molar refractivity (Wildman–Crippen MR) is 121 cm³/mol. The molecule has 3 nitrogen and oxygen atoms in total. The van der Waals surface area contributed by atoms with Crippen LogP contribution in [0.25, 0.3) is 0 Å². The Hall–Kier alpha value is -2.00. The van der Waals surface area contributed by atoms with Gasteiger partial charge in [-0.05, 0) is 49.1 Å². The van der Waals surface area contributed by atoms with Crippen molar-refractivity contribution in [2.45, 2.75) is 64.5 Å². The Kier molecular flexibility index (Phi) is 8.23. The van der Waals surface area contributed by atoms with Crippen molar-refractivity contribution < 1.29 is 0 Å². The number of nitrogens with zero attached hydrogens (tertiary/aromatic N) is 2. The summed E-state index contributed by atoms with van der Waals surface area (Å²) >= 11 is 6.10.